The highest BCUT2D eigenvalue weighted by molar-refractivity contribution is 5.86. The summed E-state index contributed by atoms with van der Waals surface area (Å²) in [4.78, 5) is 37.3. The minimum Gasteiger partial charge on any atom is -0.465 e. The fraction of sp³-hybridized carbons (Fsp3) is 0.786. The minimum absolute atomic E-state index is 0.215. The van der Waals surface area contributed by atoms with E-state index in [-0.39, 0.29) is 18.3 Å². The Morgan fingerprint density at radius 2 is 1.95 bits per heavy atom. The molecule has 1 aliphatic heterocycles. The van der Waals surface area contributed by atoms with Gasteiger partial charge in [-0.1, -0.05) is 0 Å². The van der Waals surface area contributed by atoms with E-state index in [1.807, 2.05) is 0 Å². The predicted octanol–water partition coefficient (Wildman–Crippen LogP) is 1.32. The maximum atomic E-state index is 12.0. The number of hydrogen-bond donors (Lipinski definition) is 1. The molecule has 0 aromatic carbocycles. The zero-order valence-corrected chi connectivity index (χ0v) is 13.1. The van der Waals surface area contributed by atoms with Crippen LogP contribution in [-0.4, -0.2) is 64.2 Å². The molecule has 0 saturated carbocycles. The van der Waals surface area contributed by atoms with Crippen LogP contribution in [0.1, 0.15) is 40.5 Å². The van der Waals surface area contributed by atoms with E-state index >= 15 is 0 Å². The van der Waals surface area contributed by atoms with Crippen LogP contribution >= 0.6 is 0 Å². The van der Waals surface area contributed by atoms with E-state index in [1.54, 1.807) is 32.6 Å². The minimum atomic E-state index is -1.08. The van der Waals surface area contributed by atoms with Crippen LogP contribution in [0.15, 0.2) is 0 Å². The molecule has 1 saturated heterocycles. The van der Waals surface area contributed by atoms with Gasteiger partial charge in [0.25, 0.3) is 0 Å². The summed E-state index contributed by atoms with van der Waals surface area (Å²) >= 11 is 0. The first-order valence-corrected chi connectivity index (χ1v) is 7.12. The molecule has 7 nitrogen and oxygen atoms in total. The van der Waals surface area contributed by atoms with Crippen molar-refractivity contribution in [1.82, 2.24) is 9.80 Å². The summed E-state index contributed by atoms with van der Waals surface area (Å²) in [5.74, 6) is -0.500. The molecule has 0 bridgehead atoms. The quantitative estimate of drug-likeness (QED) is 0.791. The van der Waals surface area contributed by atoms with Gasteiger partial charge in [-0.25, -0.2) is 4.79 Å². The summed E-state index contributed by atoms with van der Waals surface area (Å²) < 4.78 is 5.20. The Kier molecular flexibility index (Phi) is 5.57. The summed E-state index contributed by atoms with van der Waals surface area (Å²) in [6.45, 7) is 8.11. The summed E-state index contributed by atoms with van der Waals surface area (Å²) in [7, 11) is 0. The van der Waals surface area contributed by atoms with E-state index in [4.69, 9.17) is 9.84 Å². The zero-order chi connectivity index (χ0) is 16.2. The van der Waals surface area contributed by atoms with Crippen LogP contribution in [0.5, 0.6) is 0 Å². The molecular formula is C14H24N2O5. The average Bonchev–Trinajstić information content (AvgIpc) is 2.31. The molecule has 120 valence electrons. The van der Waals surface area contributed by atoms with Crippen LogP contribution < -0.4 is 0 Å². The second-order valence-corrected chi connectivity index (χ2v) is 6.17. The van der Waals surface area contributed by atoms with Crippen molar-refractivity contribution in [2.45, 2.75) is 52.2 Å². The lowest BCUT2D eigenvalue weighted by Gasteiger charge is -2.37. The summed E-state index contributed by atoms with van der Waals surface area (Å²) in [6, 6.07) is -0.669. The van der Waals surface area contributed by atoms with Gasteiger partial charge in [-0.05, 0) is 34.1 Å². The van der Waals surface area contributed by atoms with Crippen LogP contribution in [0.25, 0.3) is 0 Å². The lowest BCUT2D eigenvalue weighted by Crippen LogP contribution is -2.57. The number of rotatable bonds is 4. The number of piperazine rings is 1. The molecule has 0 unspecified atom stereocenters. The third-order valence-corrected chi connectivity index (χ3v) is 3.22. The van der Waals surface area contributed by atoms with Crippen LogP contribution in [0.2, 0.25) is 0 Å². The average molecular weight is 300 g/mol. The van der Waals surface area contributed by atoms with E-state index in [2.05, 4.69) is 0 Å². The standard InChI is InChI=1S/C14H24N2O5/c1-10-12(18)15(8-9-16(10)13(19)20)7-5-6-11(17)21-14(2,3)4/h10H,5-9H2,1-4H3,(H,19,20)/t10-/m0/s1. The molecular weight excluding hydrogens is 276 g/mol. The third kappa shape index (κ3) is 5.24. The second-order valence-electron chi connectivity index (χ2n) is 6.17. The SMILES string of the molecule is C[C@H]1C(=O)N(CCCC(=O)OC(C)(C)C)CCN1C(=O)O. The number of amides is 2. The van der Waals surface area contributed by atoms with Gasteiger partial charge in [0.1, 0.15) is 11.6 Å². The number of hydrogen-bond acceptors (Lipinski definition) is 4. The summed E-state index contributed by atoms with van der Waals surface area (Å²) in [6.07, 6.45) is -0.317. The molecule has 1 aliphatic rings. The van der Waals surface area contributed by atoms with Gasteiger partial charge in [-0.3, -0.25) is 14.5 Å². The molecule has 0 aromatic heterocycles. The molecule has 0 radical (unpaired) electrons. The fourth-order valence-electron chi connectivity index (χ4n) is 2.22. The Morgan fingerprint density at radius 3 is 2.48 bits per heavy atom. The molecule has 1 N–H and O–H groups in total. The number of carbonyl (C=O) groups is 3. The molecule has 0 aromatic rings. The summed E-state index contributed by atoms with van der Waals surface area (Å²) in [5.41, 5.74) is -0.505. The van der Waals surface area contributed by atoms with Crippen molar-refractivity contribution >= 4 is 18.0 Å². The maximum Gasteiger partial charge on any atom is 0.408 e. The van der Waals surface area contributed by atoms with Gasteiger partial charge in [-0.2, -0.15) is 0 Å². The monoisotopic (exact) mass is 300 g/mol. The number of carboxylic acid groups (broad SMARTS) is 1. The highest BCUT2D eigenvalue weighted by atomic mass is 16.6. The first kappa shape index (κ1) is 17.3. The van der Waals surface area contributed by atoms with Crippen LogP contribution in [0, 0.1) is 0 Å². The van der Waals surface area contributed by atoms with Crippen molar-refractivity contribution in [3.05, 3.63) is 0 Å². The van der Waals surface area contributed by atoms with Gasteiger partial charge in [-0.15, -0.1) is 0 Å². The Morgan fingerprint density at radius 1 is 1.33 bits per heavy atom. The predicted molar refractivity (Wildman–Crippen MR) is 75.9 cm³/mol. The first-order chi connectivity index (χ1) is 9.61. The van der Waals surface area contributed by atoms with E-state index in [1.165, 1.54) is 0 Å². The zero-order valence-electron chi connectivity index (χ0n) is 13.1. The Hall–Kier alpha value is -1.79. The van der Waals surface area contributed by atoms with E-state index in [9.17, 15) is 14.4 Å². The molecule has 1 atom stereocenters. The highest BCUT2D eigenvalue weighted by Gasteiger charge is 2.33. The van der Waals surface area contributed by atoms with Gasteiger partial charge in [0.2, 0.25) is 5.91 Å². The third-order valence-electron chi connectivity index (χ3n) is 3.22. The molecule has 0 aliphatic carbocycles. The molecule has 2 amide bonds. The molecule has 21 heavy (non-hydrogen) atoms. The Bertz CT molecular complexity index is 416. The lowest BCUT2D eigenvalue weighted by atomic mass is 10.1. The lowest BCUT2D eigenvalue weighted by molar-refractivity contribution is -0.155. The normalized spacial score (nSPS) is 19.6. The molecule has 1 heterocycles. The van der Waals surface area contributed by atoms with E-state index < -0.39 is 17.7 Å². The number of esters is 1. The van der Waals surface area contributed by atoms with Gasteiger partial charge in [0, 0.05) is 26.1 Å². The largest absolute Gasteiger partial charge is 0.465 e. The van der Waals surface area contributed by atoms with E-state index in [0.717, 1.165) is 4.90 Å². The first-order valence-electron chi connectivity index (χ1n) is 7.12. The van der Waals surface area contributed by atoms with Crippen molar-refractivity contribution < 1.29 is 24.2 Å². The Labute approximate surface area is 124 Å². The number of nitrogens with zero attached hydrogens (tertiary/aromatic N) is 2. The van der Waals surface area contributed by atoms with Gasteiger partial charge >= 0.3 is 12.1 Å². The van der Waals surface area contributed by atoms with Gasteiger partial charge in [0.15, 0.2) is 0 Å². The molecule has 1 fully saturated rings. The van der Waals surface area contributed by atoms with Crippen LogP contribution in [-0.2, 0) is 14.3 Å². The van der Waals surface area contributed by atoms with E-state index in [0.29, 0.717) is 26.1 Å². The van der Waals surface area contributed by atoms with Gasteiger partial charge in [0.05, 0.1) is 0 Å². The fourth-order valence-corrected chi connectivity index (χ4v) is 2.22. The second kappa shape index (κ2) is 6.78. The summed E-state index contributed by atoms with van der Waals surface area (Å²) in [5, 5.41) is 8.96. The van der Waals surface area contributed by atoms with Crippen LogP contribution in [0.3, 0.4) is 0 Å². The van der Waals surface area contributed by atoms with Crippen LogP contribution in [0.4, 0.5) is 4.79 Å². The smallest absolute Gasteiger partial charge is 0.408 e. The van der Waals surface area contributed by atoms with Crippen molar-refractivity contribution in [2.75, 3.05) is 19.6 Å². The molecule has 1 rings (SSSR count). The molecule has 0 spiro atoms. The number of carbonyl (C=O) groups excluding carboxylic acids is 2. The Balaban J connectivity index is 2.39. The topological polar surface area (TPSA) is 87.2 Å². The highest BCUT2D eigenvalue weighted by Crippen LogP contribution is 2.13. The molecule has 7 heteroatoms. The van der Waals surface area contributed by atoms with Crippen molar-refractivity contribution in [1.29, 1.82) is 0 Å². The van der Waals surface area contributed by atoms with Gasteiger partial charge < -0.3 is 14.7 Å². The van der Waals surface area contributed by atoms with Crippen molar-refractivity contribution in [3.63, 3.8) is 0 Å². The number of ether oxygens (including phenoxy) is 1. The van der Waals surface area contributed by atoms with Crippen molar-refractivity contribution in [2.24, 2.45) is 0 Å². The maximum absolute atomic E-state index is 12.0. The van der Waals surface area contributed by atoms with Crippen molar-refractivity contribution in [3.8, 4) is 0 Å².